The quantitative estimate of drug-likeness (QED) is 0.854. The number of nitrogens with one attached hydrogen (secondary N) is 1. The second kappa shape index (κ2) is 5.77. The van der Waals surface area contributed by atoms with Crippen LogP contribution < -0.4 is 20.5 Å². The molecule has 0 amide bonds. The van der Waals surface area contributed by atoms with Gasteiger partial charge in [0.25, 0.3) is 0 Å². The van der Waals surface area contributed by atoms with Crippen molar-refractivity contribution in [3.05, 3.63) is 24.4 Å². The standard InChI is InChI=1S/C16H21N3O2/c1-20-14-7-11-5-6-18-16(12(11)8-15(14)21-2)19-9-13(17)10-3-4-10/h5-8,10,13H,3-4,9,17H2,1-2H3,(H,18,19). The van der Waals surface area contributed by atoms with Gasteiger partial charge in [0.2, 0.25) is 0 Å². The Labute approximate surface area is 124 Å². The minimum absolute atomic E-state index is 0.196. The van der Waals surface area contributed by atoms with E-state index in [-0.39, 0.29) is 6.04 Å². The summed E-state index contributed by atoms with van der Waals surface area (Å²) in [6.45, 7) is 0.741. The first-order valence-electron chi connectivity index (χ1n) is 7.23. The zero-order valence-electron chi connectivity index (χ0n) is 12.4. The van der Waals surface area contributed by atoms with E-state index >= 15 is 0 Å². The molecule has 1 unspecified atom stereocenters. The minimum atomic E-state index is 0.196. The first-order chi connectivity index (χ1) is 10.2. The summed E-state index contributed by atoms with van der Waals surface area (Å²) >= 11 is 0. The molecule has 1 aromatic carbocycles. The van der Waals surface area contributed by atoms with E-state index in [1.165, 1.54) is 12.8 Å². The van der Waals surface area contributed by atoms with Crippen molar-refractivity contribution < 1.29 is 9.47 Å². The van der Waals surface area contributed by atoms with E-state index < -0.39 is 0 Å². The van der Waals surface area contributed by atoms with Crippen molar-refractivity contribution >= 4 is 16.6 Å². The van der Waals surface area contributed by atoms with Crippen LogP contribution in [0.2, 0.25) is 0 Å². The van der Waals surface area contributed by atoms with E-state index in [2.05, 4.69) is 10.3 Å². The molecule has 2 aromatic rings. The summed E-state index contributed by atoms with van der Waals surface area (Å²) in [5.74, 6) is 2.93. The fraction of sp³-hybridized carbons (Fsp3) is 0.438. The van der Waals surface area contributed by atoms with Gasteiger partial charge < -0.3 is 20.5 Å². The van der Waals surface area contributed by atoms with Gasteiger partial charge in [-0.3, -0.25) is 0 Å². The number of pyridine rings is 1. The Hall–Kier alpha value is -2.01. The maximum Gasteiger partial charge on any atom is 0.161 e. The van der Waals surface area contributed by atoms with Gasteiger partial charge in [-0.25, -0.2) is 4.98 Å². The summed E-state index contributed by atoms with van der Waals surface area (Å²) in [4.78, 5) is 4.43. The predicted molar refractivity (Wildman–Crippen MR) is 84.0 cm³/mol. The van der Waals surface area contributed by atoms with E-state index in [1.54, 1.807) is 20.4 Å². The van der Waals surface area contributed by atoms with Crippen LogP contribution in [0.3, 0.4) is 0 Å². The summed E-state index contributed by atoms with van der Waals surface area (Å²) in [5, 5.41) is 5.44. The number of hydrogen-bond donors (Lipinski definition) is 2. The molecule has 0 saturated heterocycles. The van der Waals surface area contributed by atoms with Crippen molar-refractivity contribution in [2.45, 2.75) is 18.9 Å². The van der Waals surface area contributed by atoms with Gasteiger partial charge in [-0.05, 0) is 42.3 Å². The molecule has 1 saturated carbocycles. The maximum absolute atomic E-state index is 6.14. The van der Waals surface area contributed by atoms with Crippen molar-refractivity contribution in [1.29, 1.82) is 0 Å². The summed E-state index contributed by atoms with van der Waals surface area (Å²) < 4.78 is 10.7. The first kappa shape index (κ1) is 13.9. The molecule has 3 N–H and O–H groups in total. The number of nitrogens with two attached hydrogens (primary N) is 1. The Morgan fingerprint density at radius 2 is 2.00 bits per heavy atom. The highest BCUT2D eigenvalue weighted by molar-refractivity contribution is 5.94. The molecular weight excluding hydrogens is 266 g/mol. The number of fused-ring (bicyclic) bond motifs is 1. The Morgan fingerprint density at radius 1 is 1.29 bits per heavy atom. The van der Waals surface area contributed by atoms with Gasteiger partial charge in [0.1, 0.15) is 5.82 Å². The topological polar surface area (TPSA) is 69.4 Å². The number of nitrogens with zero attached hydrogens (tertiary/aromatic N) is 1. The summed E-state index contributed by atoms with van der Waals surface area (Å²) in [6.07, 6.45) is 4.28. The Balaban J connectivity index is 1.90. The van der Waals surface area contributed by atoms with Gasteiger partial charge in [0.05, 0.1) is 14.2 Å². The van der Waals surface area contributed by atoms with Crippen LogP contribution >= 0.6 is 0 Å². The molecule has 1 aliphatic carbocycles. The zero-order valence-corrected chi connectivity index (χ0v) is 12.4. The van der Waals surface area contributed by atoms with Crippen LogP contribution in [0.25, 0.3) is 10.8 Å². The maximum atomic E-state index is 6.14. The lowest BCUT2D eigenvalue weighted by molar-refractivity contribution is 0.356. The number of benzene rings is 1. The minimum Gasteiger partial charge on any atom is -0.493 e. The SMILES string of the molecule is COc1cc2ccnc(NCC(N)C3CC3)c2cc1OC. The van der Waals surface area contributed by atoms with E-state index in [0.29, 0.717) is 11.7 Å². The van der Waals surface area contributed by atoms with Gasteiger partial charge in [-0.15, -0.1) is 0 Å². The number of ether oxygens (including phenoxy) is 2. The smallest absolute Gasteiger partial charge is 0.161 e. The molecule has 1 aliphatic rings. The third kappa shape index (κ3) is 2.88. The lowest BCUT2D eigenvalue weighted by Crippen LogP contribution is -2.31. The van der Waals surface area contributed by atoms with Gasteiger partial charge >= 0.3 is 0 Å². The molecule has 0 spiro atoms. The summed E-state index contributed by atoms with van der Waals surface area (Å²) in [7, 11) is 3.27. The van der Waals surface area contributed by atoms with Gasteiger partial charge in [-0.2, -0.15) is 0 Å². The number of rotatable bonds is 6. The van der Waals surface area contributed by atoms with Gasteiger partial charge in [-0.1, -0.05) is 0 Å². The Bertz CT molecular complexity index is 641. The van der Waals surface area contributed by atoms with E-state index in [1.807, 2.05) is 18.2 Å². The van der Waals surface area contributed by atoms with Crippen LogP contribution in [0.15, 0.2) is 24.4 Å². The third-order valence-electron chi connectivity index (χ3n) is 4.00. The number of hydrogen-bond acceptors (Lipinski definition) is 5. The zero-order chi connectivity index (χ0) is 14.8. The predicted octanol–water partition coefficient (Wildman–Crippen LogP) is 2.40. The van der Waals surface area contributed by atoms with Crippen molar-refractivity contribution in [3.8, 4) is 11.5 Å². The molecule has 112 valence electrons. The summed E-state index contributed by atoms with van der Waals surface area (Å²) in [6, 6.07) is 6.07. The Kier molecular flexibility index (Phi) is 3.84. The fourth-order valence-corrected chi connectivity index (χ4v) is 2.55. The number of methoxy groups -OCH3 is 2. The highest BCUT2D eigenvalue weighted by Crippen LogP contribution is 2.35. The normalized spacial score (nSPS) is 15.8. The highest BCUT2D eigenvalue weighted by atomic mass is 16.5. The third-order valence-corrected chi connectivity index (χ3v) is 4.00. The largest absolute Gasteiger partial charge is 0.493 e. The molecule has 1 atom stereocenters. The molecule has 0 radical (unpaired) electrons. The van der Waals surface area contributed by atoms with Crippen molar-refractivity contribution in [1.82, 2.24) is 4.98 Å². The molecule has 1 aromatic heterocycles. The second-order valence-corrected chi connectivity index (χ2v) is 5.47. The molecule has 3 rings (SSSR count). The highest BCUT2D eigenvalue weighted by Gasteiger charge is 2.28. The van der Waals surface area contributed by atoms with Crippen LogP contribution in [-0.2, 0) is 0 Å². The van der Waals surface area contributed by atoms with Crippen LogP contribution in [-0.4, -0.2) is 31.8 Å². The molecule has 21 heavy (non-hydrogen) atoms. The van der Waals surface area contributed by atoms with E-state index in [4.69, 9.17) is 15.2 Å². The average molecular weight is 287 g/mol. The molecule has 5 heteroatoms. The molecule has 5 nitrogen and oxygen atoms in total. The van der Waals surface area contributed by atoms with Gasteiger partial charge in [0.15, 0.2) is 11.5 Å². The van der Waals surface area contributed by atoms with Gasteiger partial charge in [0, 0.05) is 24.2 Å². The van der Waals surface area contributed by atoms with Crippen LogP contribution in [0.1, 0.15) is 12.8 Å². The average Bonchev–Trinajstić information content (AvgIpc) is 3.35. The Morgan fingerprint density at radius 3 is 2.67 bits per heavy atom. The molecular formula is C16H21N3O2. The number of anilines is 1. The summed E-state index contributed by atoms with van der Waals surface area (Å²) in [5.41, 5.74) is 6.14. The fourth-order valence-electron chi connectivity index (χ4n) is 2.55. The van der Waals surface area contributed by atoms with Crippen molar-refractivity contribution in [3.63, 3.8) is 0 Å². The lowest BCUT2D eigenvalue weighted by Gasteiger charge is -2.15. The van der Waals surface area contributed by atoms with Crippen LogP contribution in [0.5, 0.6) is 11.5 Å². The number of aromatic nitrogens is 1. The van der Waals surface area contributed by atoms with Crippen LogP contribution in [0.4, 0.5) is 5.82 Å². The first-order valence-corrected chi connectivity index (χ1v) is 7.23. The van der Waals surface area contributed by atoms with Crippen LogP contribution in [0, 0.1) is 5.92 Å². The molecule has 1 heterocycles. The van der Waals surface area contributed by atoms with E-state index in [9.17, 15) is 0 Å². The molecule has 0 bridgehead atoms. The second-order valence-electron chi connectivity index (χ2n) is 5.47. The monoisotopic (exact) mass is 287 g/mol. The van der Waals surface area contributed by atoms with E-state index in [0.717, 1.165) is 28.9 Å². The van der Waals surface area contributed by atoms with Crippen molar-refractivity contribution in [2.24, 2.45) is 11.7 Å². The lowest BCUT2D eigenvalue weighted by atomic mass is 10.1. The molecule has 0 aliphatic heterocycles. The molecule has 1 fully saturated rings. The van der Waals surface area contributed by atoms with Crippen molar-refractivity contribution in [2.75, 3.05) is 26.1 Å².